The van der Waals surface area contributed by atoms with Gasteiger partial charge in [-0.25, -0.2) is 61.5 Å². The predicted molar refractivity (Wildman–Crippen MR) is 586 cm³/mol. The van der Waals surface area contributed by atoms with Crippen LogP contribution in [0.3, 0.4) is 0 Å². The van der Waals surface area contributed by atoms with Gasteiger partial charge in [-0.2, -0.15) is 0 Å². The summed E-state index contributed by atoms with van der Waals surface area (Å²) in [7, 11) is -3.03. The van der Waals surface area contributed by atoms with Gasteiger partial charge in [0.2, 0.25) is 0 Å². The molecule has 9 fully saturated rings. The molecular weight excluding hydrogens is 2010 g/mol. The second-order valence-electron chi connectivity index (χ2n) is 45.2. The maximum Gasteiger partial charge on any atom is 0.280 e. The lowest BCUT2D eigenvalue weighted by Crippen LogP contribution is -2.43. The number of alkyl halides is 3. The van der Waals surface area contributed by atoms with Gasteiger partial charge in [-0.05, 0) is 293 Å². The number of nitrogens with one attached hydrogen (secondary N) is 8. The minimum atomic E-state index is -3.03. The minimum Gasteiger partial charge on any atom is -0.389 e. The van der Waals surface area contributed by atoms with E-state index in [1.807, 2.05) is 82.5 Å². The molecule has 13 heterocycles. The van der Waals surface area contributed by atoms with Gasteiger partial charge >= 0.3 is 0 Å². The Morgan fingerprint density at radius 3 is 0.867 bits per heavy atom. The first kappa shape index (κ1) is 115. The number of aromatic nitrogens is 8. The van der Waals surface area contributed by atoms with Crippen LogP contribution in [-0.2, 0) is 9.84 Å². The van der Waals surface area contributed by atoms with Crippen LogP contribution < -0.4 is 42.5 Å². The third-order valence-corrected chi connectivity index (χ3v) is 36.4. The molecule has 10 atom stereocenters. The molecule has 9 aliphatic rings. The van der Waals surface area contributed by atoms with E-state index in [4.69, 9.17) is 0 Å². The number of aliphatic hydroxyl groups is 3. The first-order valence-corrected chi connectivity index (χ1v) is 58.7. The van der Waals surface area contributed by atoms with E-state index in [2.05, 4.69) is 89.3 Å². The van der Waals surface area contributed by atoms with E-state index in [1.165, 1.54) is 24.2 Å². The fourth-order valence-electron chi connectivity index (χ4n) is 21.0. The fraction of sp³-hybridized carbons (Fsp3) is 0.633. The van der Waals surface area contributed by atoms with E-state index in [1.54, 1.807) is 96.9 Å². The highest BCUT2D eigenvalue weighted by Gasteiger charge is 2.44. The topological polar surface area (TPSA) is 444 Å². The number of halogens is 3. The highest BCUT2D eigenvalue weighted by Crippen LogP contribution is 2.45. The Hall–Kier alpha value is -10.3. The monoisotopic (exact) mass is 2170 g/mol. The number of pyridine rings is 4. The lowest BCUT2D eigenvalue weighted by molar-refractivity contribution is 0.0622. The van der Waals surface area contributed by atoms with E-state index in [-0.39, 0.29) is 146 Å². The molecule has 0 spiro atoms. The van der Waals surface area contributed by atoms with E-state index < -0.39 is 61.4 Å². The Bertz CT molecular complexity index is 6090. The number of amides is 8. The number of anilines is 4. The number of hydrogen-bond donors (Lipinski definition) is 11. The van der Waals surface area contributed by atoms with E-state index >= 15 is 13.2 Å². The molecule has 33 nitrogen and oxygen atoms in total. The third kappa shape index (κ3) is 29.6. The fourth-order valence-corrected chi connectivity index (χ4v) is 26.7. The summed E-state index contributed by atoms with van der Waals surface area (Å²) in [5.41, 5.74) is 0.388. The molecule has 5 saturated heterocycles. The average molecular weight is 2170 g/mol. The Labute approximate surface area is 895 Å². The summed E-state index contributed by atoms with van der Waals surface area (Å²) in [6.07, 6.45) is 31.5. The van der Waals surface area contributed by atoms with Crippen molar-refractivity contribution in [1.29, 1.82) is 0 Å². The summed E-state index contributed by atoms with van der Waals surface area (Å²) in [5.74, 6) is 0.312. The number of aryl methyl sites for hydroxylation is 4. The number of carbonyl (C=O) groups excluding carboxylic acids is 8. The van der Waals surface area contributed by atoms with Crippen LogP contribution >= 0.6 is 45.3 Å². The maximum atomic E-state index is 15.0. The van der Waals surface area contributed by atoms with Gasteiger partial charge in [0.1, 0.15) is 72.9 Å². The van der Waals surface area contributed by atoms with Crippen LogP contribution in [0.5, 0.6) is 0 Å². The van der Waals surface area contributed by atoms with Gasteiger partial charge in [0.25, 0.3) is 47.3 Å². The summed E-state index contributed by atoms with van der Waals surface area (Å²) >= 11 is 4.64. The Kier molecular flexibility index (Phi) is 37.6. The van der Waals surface area contributed by atoms with Gasteiger partial charge in [-0.1, -0.05) is 51.4 Å². The summed E-state index contributed by atoms with van der Waals surface area (Å²) in [6, 6.07) is 7.32. The molecule has 11 N–H and O–H groups in total. The number of likely N-dealkylation sites (tertiary alicyclic amines) is 4. The molecule has 3 unspecified atom stereocenters. The third-order valence-electron chi connectivity index (χ3n) is 30.3. The summed E-state index contributed by atoms with van der Waals surface area (Å²) in [5, 5.41) is 55.1. The molecule has 0 radical (unpaired) electrons. The van der Waals surface area contributed by atoms with Crippen molar-refractivity contribution in [3.05, 3.63) is 114 Å². The molecule has 0 bridgehead atoms. The van der Waals surface area contributed by atoms with Crippen molar-refractivity contribution in [2.75, 3.05) is 78.6 Å². The second-order valence-corrected chi connectivity index (χ2v) is 51.5. The van der Waals surface area contributed by atoms with Crippen molar-refractivity contribution in [2.45, 2.75) is 386 Å². The molecule has 0 aromatic carbocycles. The summed E-state index contributed by atoms with van der Waals surface area (Å²) in [6.45, 7) is 33.3. The van der Waals surface area contributed by atoms with Crippen LogP contribution in [0.2, 0.25) is 0 Å². The van der Waals surface area contributed by atoms with Crippen LogP contribution in [0.1, 0.15) is 373 Å². The first-order valence-electron chi connectivity index (χ1n) is 53.6. The molecule has 8 aromatic heterocycles. The van der Waals surface area contributed by atoms with Crippen LogP contribution in [0.4, 0.5) is 36.4 Å². The highest BCUT2D eigenvalue weighted by molar-refractivity contribution is 7.91. The van der Waals surface area contributed by atoms with Crippen molar-refractivity contribution < 1.29 is 75.3 Å². The van der Waals surface area contributed by atoms with Crippen molar-refractivity contribution in [2.24, 2.45) is 0 Å². The quantitative estimate of drug-likeness (QED) is 0.0228. The maximum absolute atomic E-state index is 15.0. The second kappa shape index (κ2) is 49.0. The number of piperidine rings is 2. The Balaban J connectivity index is 0.000000157. The molecule has 4 saturated carbocycles. The van der Waals surface area contributed by atoms with Crippen LogP contribution in [0.25, 0.3) is 41.8 Å². The molecule has 41 heteroatoms. The van der Waals surface area contributed by atoms with Crippen LogP contribution in [0.15, 0.2) is 49.1 Å². The van der Waals surface area contributed by atoms with Crippen molar-refractivity contribution in [3.63, 3.8) is 0 Å². The van der Waals surface area contributed by atoms with Gasteiger partial charge in [0.05, 0.1) is 65.9 Å². The highest BCUT2D eigenvalue weighted by atomic mass is 32.2. The number of hydrogen-bond acceptors (Lipinski definition) is 29. The van der Waals surface area contributed by atoms with E-state index in [9.17, 15) is 62.1 Å². The molecular formula is C109H153F3N20O13S5. The lowest BCUT2D eigenvalue weighted by Gasteiger charge is -2.35. The van der Waals surface area contributed by atoms with E-state index in [0.717, 1.165) is 202 Å². The molecule has 4 aliphatic carbocycles. The normalized spacial score (nSPS) is 23.8. The zero-order valence-corrected chi connectivity index (χ0v) is 94.0. The first-order chi connectivity index (χ1) is 70.8. The minimum absolute atomic E-state index is 0.0583. The average Bonchev–Trinajstić information content (AvgIpc) is 1.68. The standard InChI is InChI=1S/C28H40FN5O3S.2C27H38FN5O3S.C27H37N5O4S2/c1-17-14-21(32-20-11-6-8-12-28(20,5)29)30-15-19(17)23-22(26(36)34-13-9-7-10-18(34)2)33-25(38-23)24(35)31-16-27(3,4)37;2*1-16-13-20(31-19-10-6-7-11-27(19,5)28)29-14-18(16)22-21(25(35)33-12-8-9-17(33)2)32-24(37-22)23(34)30-15-26(3,4)36;1-17-15-22(29-19-8-3-4-9-19)28-16-21(17)24-23(27(34)32-12-6-5-7-18(32)2)31-26(37-24)25(33)30-20-10-13-38(35,36)14-11-20/h14-15,18,20,37H,6-13,16H2,1-5H3,(H,30,32)(H,31,35);2*13-14,17,19,36H,6-12,15H2,1-5H3,(H,29,31)(H,30,34);15-16,18-20H,3-14H2,1-2H3,(H,28,29)(H,30,33)/t18-,20+,28?;17-,19+,27?;17-,19-,27?;18-/m0000/s1. The van der Waals surface area contributed by atoms with Crippen molar-refractivity contribution in [3.8, 4) is 41.8 Å². The molecule has 818 valence electrons. The van der Waals surface area contributed by atoms with Gasteiger partial charge in [-0.15, -0.1) is 45.3 Å². The van der Waals surface area contributed by atoms with Gasteiger partial charge in [0.15, 0.2) is 20.0 Å². The summed E-state index contributed by atoms with van der Waals surface area (Å²) in [4.78, 5) is 152. The molecule has 8 aromatic rings. The largest absolute Gasteiger partial charge is 0.389 e. The van der Waals surface area contributed by atoms with Crippen molar-refractivity contribution in [1.82, 2.24) is 80.7 Å². The van der Waals surface area contributed by atoms with Gasteiger partial charge < -0.3 is 77.5 Å². The molecule has 5 aliphatic heterocycles. The number of nitrogens with zero attached hydrogens (tertiary/aromatic N) is 12. The van der Waals surface area contributed by atoms with Gasteiger partial charge in [-0.3, -0.25) is 38.4 Å². The number of carbonyl (C=O) groups is 8. The molecule has 17 rings (SSSR count). The SMILES string of the molecule is Cc1cc(NC2CCCC2)ncc1-c1sc(C(=O)NC2CCS(=O)(=O)CC2)nc1C(=O)N1CCCC[C@@H]1C.Cc1cc(N[C@@H]2CCCCC2(C)F)ncc1-c1sc(C(=O)NCC(C)(C)O)nc1C(=O)N1CCCC[C@@H]1C.Cc1cc(N[C@@H]2CCCCC2(C)F)ncc1-c1sc(C(=O)NCC(C)(C)O)nc1C(=O)N1CCC[C@@H]1C.Cc1cc(N[C@H]2CCCCC2(C)F)ncc1-c1sc(C(=O)NCC(C)(C)O)nc1C(=O)N1CCC[C@@H]1C. The number of thiazole rings is 4. The van der Waals surface area contributed by atoms with Crippen molar-refractivity contribution >= 4 is 126 Å². The molecule has 150 heavy (non-hydrogen) atoms. The predicted octanol–water partition coefficient (Wildman–Crippen LogP) is 18.7. The molecule has 8 amide bonds. The van der Waals surface area contributed by atoms with Gasteiger partial charge in [0, 0.05) is 129 Å². The zero-order chi connectivity index (χ0) is 108. The number of rotatable bonds is 27. The smallest absolute Gasteiger partial charge is 0.280 e. The Morgan fingerprint density at radius 1 is 0.360 bits per heavy atom. The lowest BCUT2D eigenvalue weighted by atomic mass is 9.83. The zero-order valence-electron chi connectivity index (χ0n) is 89.9. The van der Waals surface area contributed by atoms with Crippen LogP contribution in [-0.4, -0.2) is 276 Å². The van der Waals surface area contributed by atoms with Crippen LogP contribution in [0, 0.1) is 27.7 Å². The summed E-state index contributed by atoms with van der Waals surface area (Å²) < 4.78 is 68.6. The van der Waals surface area contributed by atoms with E-state index in [0.29, 0.717) is 124 Å². The number of sulfone groups is 1. The Morgan fingerprint density at radius 2 is 0.613 bits per heavy atom.